The van der Waals surface area contributed by atoms with Crippen LogP contribution in [0.2, 0.25) is 0 Å². The topological polar surface area (TPSA) is 0 Å². The summed E-state index contributed by atoms with van der Waals surface area (Å²) in [6.07, 6.45) is 3.98. The molecule has 0 heteroatoms. The van der Waals surface area contributed by atoms with Gasteiger partial charge in [0.15, 0.2) is 0 Å². The Morgan fingerprint density at radius 1 is 0.489 bits per heavy atom. The van der Waals surface area contributed by atoms with Crippen LogP contribution in [0, 0.1) is 0 Å². The van der Waals surface area contributed by atoms with E-state index in [-0.39, 0.29) is 0 Å². The Kier molecular flexibility index (Phi) is 6.62. The molecule has 0 amide bonds. The Hall–Kier alpha value is -5.72. The molecular weight excluding hydrogens is 540 g/mol. The van der Waals surface area contributed by atoms with Crippen molar-refractivity contribution in [3.63, 3.8) is 0 Å². The van der Waals surface area contributed by atoms with Gasteiger partial charge in [-0.05, 0) is 106 Å². The number of hydrogen-bond donors (Lipinski definition) is 0. The van der Waals surface area contributed by atoms with E-state index in [0.717, 1.165) is 0 Å². The molecule has 0 saturated carbocycles. The van der Waals surface area contributed by atoms with E-state index < -0.39 is 0 Å². The second-order valence-electron chi connectivity index (χ2n) is 11.8. The maximum absolute atomic E-state index is 4.00. The summed E-state index contributed by atoms with van der Waals surface area (Å²) in [5, 5.41) is 12.5. The number of hydrogen-bond acceptors (Lipinski definition) is 0. The lowest BCUT2D eigenvalue weighted by molar-refractivity contribution is 1.46. The largest absolute Gasteiger partial charge is 0.0990 e. The van der Waals surface area contributed by atoms with Crippen molar-refractivity contribution in [2.45, 2.75) is 6.92 Å². The van der Waals surface area contributed by atoms with E-state index in [1.165, 1.54) is 86.9 Å². The van der Waals surface area contributed by atoms with E-state index in [1.54, 1.807) is 0 Å². The Morgan fingerprint density at radius 2 is 1.11 bits per heavy atom. The van der Waals surface area contributed by atoms with Crippen LogP contribution in [-0.4, -0.2) is 0 Å². The molecule has 0 atom stereocenters. The first-order chi connectivity index (χ1) is 22.2. The first-order valence-corrected chi connectivity index (χ1v) is 15.6. The fourth-order valence-electron chi connectivity index (χ4n) is 7.11. The quantitative estimate of drug-likeness (QED) is 0.184. The summed E-state index contributed by atoms with van der Waals surface area (Å²) < 4.78 is 0. The average molecular weight is 573 g/mol. The van der Waals surface area contributed by atoms with Crippen molar-refractivity contribution in [1.29, 1.82) is 0 Å². The molecule has 8 rings (SSSR count). The van der Waals surface area contributed by atoms with Crippen LogP contribution in [0.5, 0.6) is 0 Å². The highest BCUT2D eigenvalue weighted by atomic mass is 14.2. The van der Waals surface area contributed by atoms with Crippen LogP contribution in [0.1, 0.15) is 12.5 Å². The maximum atomic E-state index is 4.00. The highest BCUT2D eigenvalue weighted by Crippen LogP contribution is 2.44. The summed E-state index contributed by atoms with van der Waals surface area (Å²) in [7, 11) is 0. The molecule has 212 valence electrons. The highest BCUT2D eigenvalue weighted by molar-refractivity contribution is 6.21. The second-order valence-corrected chi connectivity index (χ2v) is 11.8. The van der Waals surface area contributed by atoms with Crippen LogP contribution in [-0.2, 0) is 0 Å². The van der Waals surface area contributed by atoms with E-state index in [2.05, 4.69) is 171 Å². The number of benzene rings is 8. The predicted molar refractivity (Wildman–Crippen MR) is 196 cm³/mol. The molecule has 8 aromatic carbocycles. The molecule has 0 nitrogen and oxygen atoms in total. The minimum atomic E-state index is 1.17. The SMILES string of the molecule is C=C/C=c1/cccc/c1=C(/C)c1c2ccccc2c(-c2cccc3ccccc23)c2ccc(-c3ccc4ccccc4c3)cc12. The van der Waals surface area contributed by atoms with Gasteiger partial charge in [0.05, 0.1) is 0 Å². The third kappa shape index (κ3) is 4.55. The molecule has 0 aliphatic carbocycles. The fourth-order valence-corrected chi connectivity index (χ4v) is 7.11. The van der Waals surface area contributed by atoms with Gasteiger partial charge in [-0.15, -0.1) is 0 Å². The van der Waals surface area contributed by atoms with Gasteiger partial charge in [-0.1, -0.05) is 158 Å². The van der Waals surface area contributed by atoms with Crippen molar-refractivity contribution >= 4 is 54.7 Å². The fraction of sp³-hybridized carbons (Fsp3) is 0.0222. The summed E-state index contributed by atoms with van der Waals surface area (Å²) >= 11 is 0. The number of rotatable bonds is 4. The molecule has 0 bridgehead atoms. The van der Waals surface area contributed by atoms with Gasteiger partial charge in [0.1, 0.15) is 0 Å². The van der Waals surface area contributed by atoms with Crippen molar-refractivity contribution in [2.24, 2.45) is 0 Å². The minimum absolute atomic E-state index is 1.17. The lowest BCUT2D eigenvalue weighted by Gasteiger charge is -2.20. The average Bonchev–Trinajstić information content (AvgIpc) is 3.10. The van der Waals surface area contributed by atoms with E-state index in [4.69, 9.17) is 0 Å². The summed E-state index contributed by atoms with van der Waals surface area (Å²) in [5.41, 5.74) is 7.51. The zero-order chi connectivity index (χ0) is 30.3. The second kappa shape index (κ2) is 11.1. The van der Waals surface area contributed by atoms with Crippen LogP contribution in [0.4, 0.5) is 0 Å². The molecule has 45 heavy (non-hydrogen) atoms. The lowest BCUT2D eigenvalue weighted by atomic mass is 9.83. The summed E-state index contributed by atoms with van der Waals surface area (Å²) in [4.78, 5) is 0. The molecular formula is C45H32. The molecule has 0 aromatic heterocycles. The number of allylic oxidation sites excluding steroid dienone is 1. The third-order valence-electron chi connectivity index (χ3n) is 9.20. The van der Waals surface area contributed by atoms with Gasteiger partial charge in [-0.3, -0.25) is 0 Å². The standard InChI is InChI=1S/C45H32/c1-3-13-32-15-6-8-19-37(32)30(2)44-40-21-10-11-22-41(40)45(39-23-12-18-33-16-7-9-20-38(33)39)42-27-26-36(29-43(42)44)35-25-24-31-14-4-5-17-34(31)28-35/h3-29H,1H2,2H3/b32-13-,37-30+. The van der Waals surface area contributed by atoms with Gasteiger partial charge >= 0.3 is 0 Å². The minimum Gasteiger partial charge on any atom is -0.0990 e. The Morgan fingerprint density at radius 3 is 1.96 bits per heavy atom. The van der Waals surface area contributed by atoms with Gasteiger partial charge in [0.25, 0.3) is 0 Å². The van der Waals surface area contributed by atoms with Crippen molar-refractivity contribution < 1.29 is 0 Å². The molecule has 8 aromatic rings. The monoisotopic (exact) mass is 572 g/mol. The smallest absolute Gasteiger partial charge is 0.00201 e. The van der Waals surface area contributed by atoms with E-state index in [1.807, 2.05) is 6.08 Å². The van der Waals surface area contributed by atoms with Crippen molar-refractivity contribution in [3.8, 4) is 22.3 Å². The predicted octanol–water partition coefficient (Wildman–Crippen LogP) is 10.8. The molecule has 0 fully saturated rings. The molecule has 0 heterocycles. The van der Waals surface area contributed by atoms with Gasteiger partial charge in [0.2, 0.25) is 0 Å². The van der Waals surface area contributed by atoms with Crippen LogP contribution in [0.3, 0.4) is 0 Å². The number of fused-ring (bicyclic) bond motifs is 4. The van der Waals surface area contributed by atoms with Crippen LogP contribution in [0.15, 0.2) is 164 Å². The van der Waals surface area contributed by atoms with Crippen molar-refractivity contribution in [1.82, 2.24) is 0 Å². The summed E-state index contributed by atoms with van der Waals surface area (Å²) in [6, 6.07) is 55.4. The molecule has 0 N–H and O–H groups in total. The molecule has 0 aliphatic heterocycles. The first-order valence-electron chi connectivity index (χ1n) is 15.6. The first kappa shape index (κ1) is 26.9. The van der Waals surface area contributed by atoms with E-state index in [9.17, 15) is 0 Å². The zero-order valence-electron chi connectivity index (χ0n) is 25.3. The van der Waals surface area contributed by atoms with Gasteiger partial charge < -0.3 is 0 Å². The van der Waals surface area contributed by atoms with Crippen LogP contribution in [0.25, 0.3) is 77.0 Å². The maximum Gasteiger partial charge on any atom is -0.00201 e. The summed E-state index contributed by atoms with van der Waals surface area (Å²) in [6.45, 7) is 6.28. The highest BCUT2D eigenvalue weighted by Gasteiger charge is 2.19. The normalized spacial score (nSPS) is 12.7. The molecule has 0 aliphatic rings. The molecule has 0 unspecified atom stereocenters. The van der Waals surface area contributed by atoms with Crippen molar-refractivity contribution in [2.75, 3.05) is 0 Å². The lowest BCUT2D eigenvalue weighted by Crippen LogP contribution is -2.26. The van der Waals surface area contributed by atoms with E-state index >= 15 is 0 Å². The van der Waals surface area contributed by atoms with Crippen LogP contribution < -0.4 is 10.4 Å². The summed E-state index contributed by atoms with van der Waals surface area (Å²) in [5.74, 6) is 0. The van der Waals surface area contributed by atoms with Gasteiger partial charge in [0, 0.05) is 0 Å². The molecule has 0 radical (unpaired) electrons. The Bertz CT molecular complexity index is 2560. The van der Waals surface area contributed by atoms with Gasteiger partial charge in [-0.2, -0.15) is 0 Å². The molecule has 0 saturated heterocycles. The Balaban J connectivity index is 1.55. The van der Waals surface area contributed by atoms with E-state index in [0.29, 0.717) is 0 Å². The third-order valence-corrected chi connectivity index (χ3v) is 9.20. The zero-order valence-corrected chi connectivity index (χ0v) is 25.3. The van der Waals surface area contributed by atoms with Crippen molar-refractivity contribution in [3.05, 3.63) is 180 Å². The van der Waals surface area contributed by atoms with Crippen LogP contribution >= 0.6 is 0 Å². The Labute approximate surface area is 263 Å². The molecule has 0 spiro atoms. The van der Waals surface area contributed by atoms with Gasteiger partial charge in [-0.25, -0.2) is 0 Å².